The molecule has 0 heterocycles. The van der Waals surface area contributed by atoms with E-state index in [2.05, 4.69) is 19.2 Å². The van der Waals surface area contributed by atoms with Crippen LogP contribution in [0.15, 0.2) is 12.2 Å². The minimum absolute atomic E-state index is 0.0884. The van der Waals surface area contributed by atoms with Crippen LogP contribution in [0.5, 0.6) is 0 Å². The van der Waals surface area contributed by atoms with Gasteiger partial charge in [-0.2, -0.15) is 0 Å². The largest absolute Gasteiger partial charge is 0.394 e. The van der Waals surface area contributed by atoms with Crippen LogP contribution in [0.25, 0.3) is 0 Å². The van der Waals surface area contributed by atoms with E-state index in [1.807, 2.05) is 6.08 Å². The van der Waals surface area contributed by atoms with Crippen molar-refractivity contribution in [2.24, 2.45) is 0 Å². The molecule has 0 rings (SSSR count). The molecule has 232 valence electrons. The molecule has 4 nitrogen and oxygen atoms in total. The summed E-state index contributed by atoms with van der Waals surface area (Å²) in [6.45, 7) is 4.15. The van der Waals surface area contributed by atoms with Crippen molar-refractivity contribution < 1.29 is 15.0 Å². The number of carbonyl (C=O) groups is 1. The Bertz CT molecular complexity index is 522. The Morgan fingerprint density at radius 3 is 1.33 bits per heavy atom. The lowest BCUT2D eigenvalue weighted by molar-refractivity contribution is -0.123. The first-order valence-corrected chi connectivity index (χ1v) is 17.4. The SMILES string of the molecule is CCCCCCCCCCCCCCCCCCCCCCCC/C=C/C(O)C(CO)NC(=O)CCCCC. The van der Waals surface area contributed by atoms with Crippen LogP contribution in [-0.4, -0.2) is 34.9 Å². The molecule has 0 radical (unpaired) electrons. The molecule has 0 aromatic rings. The molecule has 0 spiro atoms. The van der Waals surface area contributed by atoms with Gasteiger partial charge in [0.2, 0.25) is 5.91 Å². The molecule has 0 aliphatic carbocycles. The summed E-state index contributed by atoms with van der Waals surface area (Å²) in [4.78, 5) is 11.9. The summed E-state index contributed by atoms with van der Waals surface area (Å²) in [5.41, 5.74) is 0. The second-order valence-corrected chi connectivity index (χ2v) is 11.9. The lowest BCUT2D eigenvalue weighted by Gasteiger charge is -2.19. The zero-order valence-electron chi connectivity index (χ0n) is 26.4. The average molecular weight is 552 g/mol. The fourth-order valence-electron chi connectivity index (χ4n) is 5.29. The number of rotatable bonds is 31. The van der Waals surface area contributed by atoms with Gasteiger partial charge in [0.1, 0.15) is 0 Å². The fraction of sp³-hybridized carbons (Fsp3) is 0.914. The number of hydrogen-bond donors (Lipinski definition) is 3. The van der Waals surface area contributed by atoms with E-state index in [1.165, 1.54) is 135 Å². The number of aliphatic hydroxyl groups excluding tert-OH is 2. The van der Waals surface area contributed by atoms with Crippen molar-refractivity contribution in [3.05, 3.63) is 12.2 Å². The summed E-state index contributed by atoms with van der Waals surface area (Å²) < 4.78 is 0. The van der Waals surface area contributed by atoms with Crippen LogP contribution >= 0.6 is 0 Å². The molecule has 4 heteroatoms. The zero-order valence-corrected chi connectivity index (χ0v) is 26.4. The lowest BCUT2D eigenvalue weighted by atomic mass is 10.0. The second kappa shape index (κ2) is 31.7. The van der Waals surface area contributed by atoms with Crippen molar-refractivity contribution >= 4 is 5.91 Å². The Labute approximate surface area is 244 Å². The molecule has 3 N–H and O–H groups in total. The smallest absolute Gasteiger partial charge is 0.220 e. The maximum atomic E-state index is 11.9. The third-order valence-electron chi connectivity index (χ3n) is 8.02. The van der Waals surface area contributed by atoms with E-state index in [1.54, 1.807) is 6.08 Å². The molecule has 1 amide bonds. The van der Waals surface area contributed by atoms with Crippen molar-refractivity contribution in [2.75, 3.05) is 6.61 Å². The molecule has 2 unspecified atom stereocenters. The highest BCUT2D eigenvalue weighted by Gasteiger charge is 2.17. The monoisotopic (exact) mass is 552 g/mol. The van der Waals surface area contributed by atoms with Crippen LogP contribution in [-0.2, 0) is 4.79 Å². The molecule has 0 aliphatic heterocycles. The van der Waals surface area contributed by atoms with E-state index in [0.29, 0.717) is 6.42 Å². The van der Waals surface area contributed by atoms with Gasteiger partial charge in [-0.25, -0.2) is 0 Å². The Kier molecular flexibility index (Phi) is 30.9. The molecule has 0 fully saturated rings. The lowest BCUT2D eigenvalue weighted by Crippen LogP contribution is -2.45. The first-order chi connectivity index (χ1) is 19.2. The van der Waals surface area contributed by atoms with Gasteiger partial charge in [-0.05, 0) is 19.3 Å². The summed E-state index contributed by atoms with van der Waals surface area (Å²) in [5.74, 6) is -0.0884. The Hall–Kier alpha value is -0.870. The highest BCUT2D eigenvalue weighted by molar-refractivity contribution is 5.76. The Morgan fingerprint density at radius 1 is 0.590 bits per heavy atom. The minimum Gasteiger partial charge on any atom is -0.394 e. The number of carbonyl (C=O) groups excluding carboxylic acids is 1. The predicted molar refractivity (Wildman–Crippen MR) is 170 cm³/mol. The molecule has 2 atom stereocenters. The van der Waals surface area contributed by atoms with Crippen molar-refractivity contribution in [3.8, 4) is 0 Å². The van der Waals surface area contributed by atoms with Gasteiger partial charge in [-0.3, -0.25) is 4.79 Å². The van der Waals surface area contributed by atoms with Gasteiger partial charge in [0.15, 0.2) is 0 Å². The van der Waals surface area contributed by atoms with Gasteiger partial charge in [0.05, 0.1) is 18.8 Å². The van der Waals surface area contributed by atoms with Gasteiger partial charge in [0.25, 0.3) is 0 Å². The summed E-state index contributed by atoms with van der Waals surface area (Å²) in [5, 5.41) is 22.5. The number of unbranched alkanes of at least 4 members (excludes halogenated alkanes) is 24. The van der Waals surface area contributed by atoms with Crippen molar-refractivity contribution in [1.82, 2.24) is 5.32 Å². The highest BCUT2D eigenvalue weighted by atomic mass is 16.3. The maximum absolute atomic E-state index is 11.9. The van der Waals surface area contributed by atoms with Crippen LogP contribution in [0.2, 0.25) is 0 Å². The summed E-state index contributed by atoms with van der Waals surface area (Å²) in [6.07, 6.45) is 38.0. The highest BCUT2D eigenvalue weighted by Crippen LogP contribution is 2.15. The van der Waals surface area contributed by atoms with Gasteiger partial charge >= 0.3 is 0 Å². The molecule has 0 aromatic carbocycles. The van der Waals surface area contributed by atoms with Gasteiger partial charge in [-0.1, -0.05) is 174 Å². The van der Waals surface area contributed by atoms with Gasteiger partial charge < -0.3 is 15.5 Å². The summed E-state index contributed by atoms with van der Waals surface area (Å²) in [7, 11) is 0. The molecular weight excluding hydrogens is 482 g/mol. The molecule has 0 bridgehead atoms. The third-order valence-corrected chi connectivity index (χ3v) is 8.02. The average Bonchev–Trinajstić information content (AvgIpc) is 2.94. The predicted octanol–water partition coefficient (Wildman–Crippen LogP) is 9.95. The Morgan fingerprint density at radius 2 is 0.949 bits per heavy atom. The number of allylic oxidation sites excluding steroid dienone is 1. The molecule has 0 saturated carbocycles. The van der Waals surface area contributed by atoms with E-state index in [0.717, 1.165) is 32.1 Å². The molecule has 39 heavy (non-hydrogen) atoms. The third kappa shape index (κ3) is 28.5. The first-order valence-electron chi connectivity index (χ1n) is 17.4. The van der Waals surface area contributed by atoms with E-state index in [-0.39, 0.29) is 12.5 Å². The minimum atomic E-state index is -0.829. The second-order valence-electron chi connectivity index (χ2n) is 11.9. The van der Waals surface area contributed by atoms with Crippen LogP contribution in [0.3, 0.4) is 0 Å². The number of amides is 1. The van der Waals surface area contributed by atoms with Crippen LogP contribution in [0.1, 0.15) is 187 Å². The zero-order chi connectivity index (χ0) is 28.7. The number of hydrogen-bond acceptors (Lipinski definition) is 3. The van der Waals surface area contributed by atoms with Crippen molar-refractivity contribution in [1.29, 1.82) is 0 Å². The normalized spacial score (nSPS) is 13.2. The van der Waals surface area contributed by atoms with Gasteiger partial charge in [-0.15, -0.1) is 0 Å². The molecule has 0 saturated heterocycles. The van der Waals surface area contributed by atoms with E-state index in [4.69, 9.17) is 0 Å². The standard InChI is InChI=1S/C35H69NO3/c1-3-5-7-8-9-10-11-12-13-14-15-16-17-18-19-20-21-22-23-24-25-26-27-29-30-34(38)33(32-37)36-35(39)31-28-6-4-2/h29-30,33-34,37-38H,3-28,31-32H2,1-2H3,(H,36,39)/b30-29+. The summed E-state index contributed by atoms with van der Waals surface area (Å²) >= 11 is 0. The maximum Gasteiger partial charge on any atom is 0.220 e. The molecular formula is C35H69NO3. The van der Waals surface area contributed by atoms with Crippen molar-refractivity contribution in [3.63, 3.8) is 0 Å². The number of nitrogens with one attached hydrogen (secondary N) is 1. The fourth-order valence-corrected chi connectivity index (χ4v) is 5.29. The first kappa shape index (κ1) is 38.1. The van der Waals surface area contributed by atoms with Crippen LogP contribution in [0.4, 0.5) is 0 Å². The van der Waals surface area contributed by atoms with Crippen LogP contribution in [0, 0.1) is 0 Å². The van der Waals surface area contributed by atoms with Crippen molar-refractivity contribution in [2.45, 2.75) is 199 Å². The summed E-state index contributed by atoms with van der Waals surface area (Å²) in [6, 6.07) is -0.611. The molecule has 0 aliphatic rings. The van der Waals surface area contributed by atoms with Gasteiger partial charge in [0, 0.05) is 6.42 Å². The topological polar surface area (TPSA) is 69.6 Å². The van der Waals surface area contributed by atoms with E-state index >= 15 is 0 Å². The quantitative estimate of drug-likeness (QED) is 0.0593. The number of aliphatic hydroxyl groups is 2. The van der Waals surface area contributed by atoms with E-state index < -0.39 is 12.1 Å². The molecule has 0 aromatic heterocycles. The van der Waals surface area contributed by atoms with E-state index in [9.17, 15) is 15.0 Å². The van der Waals surface area contributed by atoms with Crippen LogP contribution < -0.4 is 5.32 Å². The Balaban J connectivity index is 3.39.